The molecule has 0 aromatic heterocycles. The second-order valence-corrected chi connectivity index (χ2v) is 8.26. The molecule has 1 aromatic carbocycles. The average Bonchev–Trinajstić information content (AvgIpc) is 2.99. The number of rotatable bonds is 6. The number of carbonyl (C=O) groups is 2. The second kappa shape index (κ2) is 6.61. The minimum Gasteiger partial charge on any atom is -0.484 e. The molecular formula is C18H21ClFN3O4. The van der Waals surface area contributed by atoms with Crippen LogP contribution in [-0.2, 0) is 14.4 Å². The summed E-state index contributed by atoms with van der Waals surface area (Å²) in [5.41, 5.74) is 2.28. The number of nitrogens with one attached hydrogen (secondary N) is 3. The lowest BCUT2D eigenvalue weighted by molar-refractivity contribution is -0.156. The van der Waals surface area contributed by atoms with Crippen LogP contribution in [0.25, 0.3) is 0 Å². The number of hydrogen-bond donors (Lipinski definition) is 3. The van der Waals surface area contributed by atoms with Crippen molar-refractivity contribution < 1.29 is 23.6 Å². The van der Waals surface area contributed by atoms with Crippen molar-refractivity contribution in [3.63, 3.8) is 0 Å². The van der Waals surface area contributed by atoms with Crippen LogP contribution >= 0.6 is 11.6 Å². The van der Waals surface area contributed by atoms with Gasteiger partial charge in [-0.25, -0.2) is 4.39 Å². The van der Waals surface area contributed by atoms with Crippen LogP contribution in [0.3, 0.4) is 0 Å². The zero-order valence-electron chi connectivity index (χ0n) is 14.8. The lowest BCUT2D eigenvalue weighted by atomic mass is 9.44. The van der Waals surface area contributed by atoms with Gasteiger partial charge >= 0.3 is 0 Å². The first-order valence-corrected chi connectivity index (χ1v) is 9.28. The summed E-state index contributed by atoms with van der Waals surface area (Å²) in [5, 5.41) is 6.00. The summed E-state index contributed by atoms with van der Waals surface area (Å²) < 4.78 is 18.7. The predicted octanol–water partition coefficient (Wildman–Crippen LogP) is 1.45. The van der Waals surface area contributed by atoms with E-state index in [1.54, 1.807) is 0 Å². The highest BCUT2D eigenvalue weighted by Gasteiger charge is 2.69. The molecule has 1 saturated heterocycles. The maximum absolute atomic E-state index is 13.4. The van der Waals surface area contributed by atoms with Gasteiger partial charge in [0.05, 0.1) is 5.02 Å². The van der Waals surface area contributed by atoms with Gasteiger partial charge in [-0.1, -0.05) is 11.6 Å². The Kier molecular flexibility index (Phi) is 4.52. The van der Waals surface area contributed by atoms with Gasteiger partial charge in [0.25, 0.3) is 11.8 Å². The van der Waals surface area contributed by atoms with Gasteiger partial charge in [0.15, 0.2) is 12.7 Å². The van der Waals surface area contributed by atoms with Crippen LogP contribution < -0.4 is 20.9 Å². The van der Waals surface area contributed by atoms with Gasteiger partial charge in [-0.05, 0) is 38.3 Å². The molecule has 4 fully saturated rings. The standard InChI is InChI=1S/C18H21ClFN3O4/c1-10-4-14(27-23-10)16(25)22-18-7-17(8-18,9-18)21-15(24)6-26-11-2-3-12(19)13(20)5-11/h2-3,5,10,14,23H,4,6-9H2,1H3,(H,21,24)(H,22,25). The maximum atomic E-state index is 13.4. The molecule has 9 heteroatoms. The normalized spacial score (nSPS) is 33.6. The van der Waals surface area contributed by atoms with E-state index in [1.165, 1.54) is 12.1 Å². The SMILES string of the molecule is CC1CC(C(=O)NC23CC(NC(=O)COc4ccc(Cl)c(F)c4)(C2)C3)ON1. The van der Waals surface area contributed by atoms with Crippen LogP contribution in [0.4, 0.5) is 4.39 Å². The van der Waals surface area contributed by atoms with Crippen molar-refractivity contribution in [3.05, 3.63) is 29.0 Å². The largest absolute Gasteiger partial charge is 0.484 e. The predicted molar refractivity (Wildman–Crippen MR) is 94.6 cm³/mol. The van der Waals surface area contributed by atoms with Crippen molar-refractivity contribution in [1.82, 2.24) is 16.1 Å². The Balaban J connectivity index is 1.20. The summed E-state index contributed by atoms with van der Waals surface area (Å²) in [6.45, 7) is 1.75. The smallest absolute Gasteiger partial charge is 0.258 e. The van der Waals surface area contributed by atoms with E-state index in [0.717, 1.165) is 6.07 Å². The van der Waals surface area contributed by atoms with Crippen molar-refractivity contribution in [2.45, 2.75) is 55.8 Å². The number of hydroxylamine groups is 1. The highest BCUT2D eigenvalue weighted by molar-refractivity contribution is 6.30. The molecule has 4 aliphatic rings. The van der Waals surface area contributed by atoms with E-state index in [-0.39, 0.29) is 46.3 Å². The zero-order chi connectivity index (χ0) is 19.2. The summed E-state index contributed by atoms with van der Waals surface area (Å²) in [6.07, 6.45) is 2.27. The van der Waals surface area contributed by atoms with Crippen LogP contribution in [0.15, 0.2) is 18.2 Å². The molecule has 146 valence electrons. The van der Waals surface area contributed by atoms with E-state index in [1.807, 2.05) is 6.92 Å². The first-order valence-electron chi connectivity index (χ1n) is 8.90. The van der Waals surface area contributed by atoms with Crippen molar-refractivity contribution in [2.75, 3.05) is 6.61 Å². The molecule has 5 rings (SSSR count). The van der Waals surface area contributed by atoms with Gasteiger partial charge in [-0.2, -0.15) is 5.48 Å². The van der Waals surface area contributed by atoms with Crippen LogP contribution in [0, 0.1) is 5.82 Å². The summed E-state index contributed by atoms with van der Waals surface area (Å²) in [4.78, 5) is 29.6. The third kappa shape index (κ3) is 3.61. The lowest BCUT2D eigenvalue weighted by Gasteiger charge is -2.70. The molecule has 3 N–H and O–H groups in total. The highest BCUT2D eigenvalue weighted by Crippen LogP contribution is 2.60. The van der Waals surface area contributed by atoms with Crippen LogP contribution in [0.1, 0.15) is 32.6 Å². The Bertz CT molecular complexity index is 770. The van der Waals surface area contributed by atoms with E-state index < -0.39 is 11.9 Å². The van der Waals surface area contributed by atoms with Crippen molar-refractivity contribution in [1.29, 1.82) is 0 Å². The van der Waals surface area contributed by atoms with Crippen molar-refractivity contribution in [2.24, 2.45) is 0 Å². The van der Waals surface area contributed by atoms with Crippen LogP contribution in [0.5, 0.6) is 5.75 Å². The first-order chi connectivity index (χ1) is 12.8. The Morgan fingerprint density at radius 3 is 2.67 bits per heavy atom. The fraction of sp³-hybridized carbons (Fsp3) is 0.556. The fourth-order valence-electron chi connectivity index (χ4n) is 4.22. The monoisotopic (exact) mass is 397 g/mol. The number of ether oxygens (including phenoxy) is 1. The number of amides is 2. The molecule has 2 unspecified atom stereocenters. The number of carbonyl (C=O) groups excluding carboxylic acids is 2. The van der Waals surface area contributed by atoms with Crippen molar-refractivity contribution >= 4 is 23.4 Å². The Hall–Kier alpha value is -1.90. The summed E-state index contributed by atoms with van der Waals surface area (Å²) >= 11 is 5.61. The van der Waals surface area contributed by atoms with E-state index >= 15 is 0 Å². The van der Waals surface area contributed by atoms with Gasteiger partial charge in [0, 0.05) is 29.6 Å². The Morgan fingerprint density at radius 2 is 2.04 bits per heavy atom. The number of halogens is 2. The topological polar surface area (TPSA) is 88.7 Å². The third-order valence-corrected chi connectivity index (χ3v) is 5.66. The Morgan fingerprint density at radius 1 is 1.33 bits per heavy atom. The molecule has 0 radical (unpaired) electrons. The zero-order valence-corrected chi connectivity index (χ0v) is 15.6. The molecular weight excluding hydrogens is 377 g/mol. The van der Waals surface area contributed by atoms with E-state index in [4.69, 9.17) is 21.2 Å². The van der Waals surface area contributed by atoms with Gasteiger partial charge in [-0.15, -0.1) is 0 Å². The quantitative estimate of drug-likeness (QED) is 0.676. The summed E-state index contributed by atoms with van der Waals surface area (Å²) in [7, 11) is 0. The number of benzene rings is 1. The molecule has 2 amide bonds. The second-order valence-electron chi connectivity index (χ2n) is 7.85. The van der Waals surface area contributed by atoms with Gasteiger partial charge in [0.2, 0.25) is 0 Å². The molecule has 27 heavy (non-hydrogen) atoms. The maximum Gasteiger partial charge on any atom is 0.258 e. The molecule has 7 nitrogen and oxygen atoms in total. The highest BCUT2D eigenvalue weighted by atomic mass is 35.5. The molecule has 3 aliphatic carbocycles. The molecule has 0 spiro atoms. The van der Waals surface area contributed by atoms with Crippen LogP contribution in [0.2, 0.25) is 5.02 Å². The molecule has 1 heterocycles. The number of hydrogen-bond acceptors (Lipinski definition) is 5. The molecule has 1 aromatic rings. The molecule has 1 aliphatic heterocycles. The fourth-order valence-corrected chi connectivity index (χ4v) is 4.34. The average molecular weight is 398 g/mol. The van der Waals surface area contributed by atoms with Crippen LogP contribution in [-0.4, -0.2) is 41.6 Å². The van der Waals surface area contributed by atoms with Gasteiger partial charge in [-0.3, -0.25) is 14.4 Å². The van der Waals surface area contributed by atoms with E-state index in [2.05, 4.69) is 16.1 Å². The lowest BCUT2D eigenvalue weighted by Crippen LogP contribution is -2.84. The van der Waals surface area contributed by atoms with E-state index in [0.29, 0.717) is 25.7 Å². The molecule has 2 atom stereocenters. The summed E-state index contributed by atoms with van der Waals surface area (Å²) in [6, 6.07) is 4.18. The minimum atomic E-state index is -0.595. The van der Waals surface area contributed by atoms with Crippen molar-refractivity contribution in [3.8, 4) is 5.75 Å². The summed E-state index contributed by atoms with van der Waals surface area (Å²) in [5.74, 6) is -0.739. The minimum absolute atomic E-state index is 0.00116. The molecule has 2 bridgehead atoms. The van der Waals surface area contributed by atoms with Gasteiger partial charge in [0.1, 0.15) is 11.6 Å². The van der Waals surface area contributed by atoms with E-state index in [9.17, 15) is 14.0 Å². The third-order valence-electron chi connectivity index (χ3n) is 5.36. The Labute approximate surface area is 160 Å². The first kappa shape index (κ1) is 18.5. The molecule has 3 saturated carbocycles. The van der Waals surface area contributed by atoms with Gasteiger partial charge < -0.3 is 15.4 Å².